The van der Waals surface area contributed by atoms with Crippen LogP contribution in [0.2, 0.25) is 0 Å². The minimum absolute atomic E-state index is 0.274. The van der Waals surface area contributed by atoms with Crippen LogP contribution in [-0.2, 0) is 6.54 Å². The smallest absolute Gasteiger partial charge is 0.138 e. The summed E-state index contributed by atoms with van der Waals surface area (Å²) in [7, 11) is 0. The molecule has 1 rings (SSSR count). The number of nitriles is 1. The lowest BCUT2D eigenvalue weighted by atomic mass is 10.2. The van der Waals surface area contributed by atoms with Gasteiger partial charge in [0, 0.05) is 19.6 Å². The van der Waals surface area contributed by atoms with Crippen LogP contribution in [0.25, 0.3) is 0 Å². The number of nitrogens with one attached hydrogen (secondary N) is 1. The first-order valence-corrected chi connectivity index (χ1v) is 7.12. The third-order valence-corrected chi connectivity index (χ3v) is 3.30. The Morgan fingerprint density at radius 1 is 1.42 bits per heavy atom. The van der Waals surface area contributed by atoms with Crippen LogP contribution in [0.1, 0.15) is 38.9 Å². The Balaban J connectivity index is 2.54. The van der Waals surface area contributed by atoms with E-state index in [1.807, 2.05) is 0 Å². The number of likely N-dealkylation sites (N-methyl/N-ethyl adjacent to an activating group) is 1. The van der Waals surface area contributed by atoms with Crippen molar-refractivity contribution in [2.24, 2.45) is 0 Å². The van der Waals surface area contributed by atoms with Crippen molar-refractivity contribution in [1.82, 2.24) is 19.8 Å². The van der Waals surface area contributed by atoms with Crippen molar-refractivity contribution in [2.75, 3.05) is 26.2 Å². The number of imidazole rings is 1. The minimum atomic E-state index is -0.274. The van der Waals surface area contributed by atoms with Crippen LogP contribution >= 0.6 is 0 Å². The summed E-state index contributed by atoms with van der Waals surface area (Å²) < 4.78 is 2.05. The van der Waals surface area contributed by atoms with Gasteiger partial charge >= 0.3 is 0 Å². The first kappa shape index (κ1) is 15.7. The number of aromatic nitrogens is 2. The van der Waals surface area contributed by atoms with Crippen molar-refractivity contribution in [2.45, 2.75) is 39.8 Å². The van der Waals surface area contributed by atoms with Gasteiger partial charge in [-0.1, -0.05) is 20.8 Å². The monoisotopic (exact) mass is 263 g/mol. The molecule has 0 fully saturated rings. The van der Waals surface area contributed by atoms with E-state index in [1.54, 1.807) is 12.5 Å². The predicted molar refractivity (Wildman–Crippen MR) is 76.7 cm³/mol. The molecule has 0 spiro atoms. The van der Waals surface area contributed by atoms with E-state index in [1.165, 1.54) is 0 Å². The Morgan fingerprint density at radius 3 is 2.74 bits per heavy atom. The quantitative estimate of drug-likeness (QED) is 0.738. The Hall–Kier alpha value is -1.38. The molecule has 0 saturated heterocycles. The highest BCUT2D eigenvalue weighted by molar-refractivity contribution is 5.13. The zero-order valence-electron chi connectivity index (χ0n) is 12.3. The SMILES string of the molecule is CCCn1cncc1C(C#N)NCCN(CC)CC. The third kappa shape index (κ3) is 4.66. The zero-order chi connectivity index (χ0) is 14.1. The van der Waals surface area contributed by atoms with Crippen molar-refractivity contribution >= 4 is 0 Å². The molecule has 19 heavy (non-hydrogen) atoms. The molecule has 0 aliphatic heterocycles. The molecule has 1 heterocycles. The molecule has 5 heteroatoms. The molecular weight excluding hydrogens is 238 g/mol. The summed E-state index contributed by atoms with van der Waals surface area (Å²) in [5.41, 5.74) is 0.962. The summed E-state index contributed by atoms with van der Waals surface area (Å²) in [6.07, 6.45) is 4.63. The van der Waals surface area contributed by atoms with E-state index in [0.29, 0.717) is 0 Å². The van der Waals surface area contributed by atoms with Gasteiger partial charge in [-0.3, -0.25) is 5.32 Å². The molecule has 0 amide bonds. The molecule has 0 radical (unpaired) electrons. The van der Waals surface area contributed by atoms with Gasteiger partial charge in [0.2, 0.25) is 0 Å². The summed E-state index contributed by atoms with van der Waals surface area (Å²) >= 11 is 0. The van der Waals surface area contributed by atoms with E-state index >= 15 is 0 Å². The average molecular weight is 263 g/mol. The molecule has 1 atom stereocenters. The Morgan fingerprint density at radius 2 is 2.16 bits per heavy atom. The Kier molecular flexibility index (Phi) is 7.16. The highest BCUT2D eigenvalue weighted by Gasteiger charge is 2.14. The largest absolute Gasteiger partial charge is 0.332 e. The minimum Gasteiger partial charge on any atom is -0.332 e. The van der Waals surface area contributed by atoms with E-state index in [2.05, 4.69) is 46.6 Å². The lowest BCUT2D eigenvalue weighted by Gasteiger charge is -2.20. The van der Waals surface area contributed by atoms with Crippen molar-refractivity contribution in [3.05, 3.63) is 18.2 Å². The number of hydrogen-bond acceptors (Lipinski definition) is 4. The lowest BCUT2D eigenvalue weighted by Crippen LogP contribution is -2.33. The van der Waals surface area contributed by atoms with Gasteiger partial charge in [0.15, 0.2) is 0 Å². The fraction of sp³-hybridized carbons (Fsp3) is 0.714. The van der Waals surface area contributed by atoms with E-state index in [0.717, 1.165) is 44.8 Å². The molecule has 1 N–H and O–H groups in total. The lowest BCUT2D eigenvalue weighted by molar-refractivity contribution is 0.299. The summed E-state index contributed by atoms with van der Waals surface area (Å²) in [6.45, 7) is 11.2. The second-order valence-corrected chi connectivity index (χ2v) is 4.56. The van der Waals surface area contributed by atoms with Crippen molar-refractivity contribution in [1.29, 1.82) is 5.26 Å². The van der Waals surface area contributed by atoms with Crippen molar-refractivity contribution in [3.8, 4) is 6.07 Å². The van der Waals surface area contributed by atoms with Crippen LogP contribution in [0.4, 0.5) is 0 Å². The molecule has 1 aromatic heterocycles. The summed E-state index contributed by atoms with van der Waals surface area (Å²) in [5, 5.41) is 12.6. The van der Waals surface area contributed by atoms with Crippen LogP contribution in [0.3, 0.4) is 0 Å². The van der Waals surface area contributed by atoms with Gasteiger partial charge in [-0.15, -0.1) is 0 Å². The predicted octanol–water partition coefficient (Wildman–Crippen LogP) is 1.79. The topological polar surface area (TPSA) is 56.9 Å². The zero-order valence-corrected chi connectivity index (χ0v) is 12.3. The van der Waals surface area contributed by atoms with Crippen LogP contribution in [0, 0.1) is 11.3 Å². The maximum absolute atomic E-state index is 9.30. The highest BCUT2D eigenvalue weighted by Crippen LogP contribution is 2.11. The van der Waals surface area contributed by atoms with Gasteiger partial charge in [-0.2, -0.15) is 5.26 Å². The normalized spacial score (nSPS) is 12.6. The van der Waals surface area contributed by atoms with Gasteiger partial charge < -0.3 is 9.47 Å². The van der Waals surface area contributed by atoms with Crippen LogP contribution in [-0.4, -0.2) is 40.6 Å². The molecule has 0 aliphatic rings. The number of nitrogens with zero attached hydrogens (tertiary/aromatic N) is 4. The molecule has 106 valence electrons. The molecule has 0 saturated carbocycles. The Bertz CT molecular complexity index is 389. The number of hydrogen-bond donors (Lipinski definition) is 1. The standard InChI is InChI=1S/C14H25N5/c1-4-8-19-12-16-11-14(19)13(10-15)17-7-9-18(5-2)6-3/h11-13,17H,4-9H2,1-3H3. The van der Waals surface area contributed by atoms with Gasteiger partial charge in [0.25, 0.3) is 0 Å². The van der Waals surface area contributed by atoms with Crippen LogP contribution < -0.4 is 5.32 Å². The second kappa shape index (κ2) is 8.68. The van der Waals surface area contributed by atoms with E-state index in [4.69, 9.17) is 0 Å². The molecule has 1 aromatic rings. The fourth-order valence-electron chi connectivity index (χ4n) is 2.12. The first-order valence-electron chi connectivity index (χ1n) is 7.12. The maximum Gasteiger partial charge on any atom is 0.138 e. The van der Waals surface area contributed by atoms with Crippen LogP contribution in [0.5, 0.6) is 0 Å². The number of rotatable bonds is 9. The number of aryl methyl sites for hydroxylation is 1. The molecule has 0 aromatic carbocycles. The van der Waals surface area contributed by atoms with Crippen molar-refractivity contribution < 1.29 is 0 Å². The maximum atomic E-state index is 9.30. The molecule has 0 bridgehead atoms. The molecule has 1 unspecified atom stereocenters. The molecular formula is C14H25N5. The Labute approximate surface area is 116 Å². The average Bonchev–Trinajstić information content (AvgIpc) is 2.88. The van der Waals surface area contributed by atoms with E-state index < -0.39 is 0 Å². The fourth-order valence-corrected chi connectivity index (χ4v) is 2.12. The van der Waals surface area contributed by atoms with Gasteiger partial charge in [-0.05, 0) is 19.5 Å². The first-order chi connectivity index (χ1) is 9.26. The summed E-state index contributed by atoms with van der Waals surface area (Å²) in [6, 6.07) is 2.05. The van der Waals surface area contributed by atoms with Crippen LogP contribution in [0.15, 0.2) is 12.5 Å². The van der Waals surface area contributed by atoms with E-state index in [-0.39, 0.29) is 6.04 Å². The second-order valence-electron chi connectivity index (χ2n) is 4.56. The van der Waals surface area contributed by atoms with Gasteiger partial charge in [0.1, 0.15) is 6.04 Å². The van der Waals surface area contributed by atoms with Gasteiger partial charge in [0.05, 0.1) is 24.3 Å². The van der Waals surface area contributed by atoms with E-state index in [9.17, 15) is 5.26 Å². The molecule has 0 aliphatic carbocycles. The van der Waals surface area contributed by atoms with Crippen molar-refractivity contribution in [3.63, 3.8) is 0 Å². The summed E-state index contributed by atoms with van der Waals surface area (Å²) in [5.74, 6) is 0. The summed E-state index contributed by atoms with van der Waals surface area (Å²) in [4.78, 5) is 6.48. The third-order valence-electron chi connectivity index (χ3n) is 3.30. The molecule has 5 nitrogen and oxygen atoms in total. The van der Waals surface area contributed by atoms with Gasteiger partial charge in [-0.25, -0.2) is 4.98 Å². The highest BCUT2D eigenvalue weighted by atomic mass is 15.1.